The lowest BCUT2D eigenvalue weighted by atomic mass is 9.97. The van der Waals surface area contributed by atoms with Crippen molar-refractivity contribution < 1.29 is 4.79 Å². The average molecular weight is 198 g/mol. The van der Waals surface area contributed by atoms with Crippen molar-refractivity contribution >= 4 is 6.03 Å². The molecular weight excluding hydrogens is 176 g/mol. The van der Waals surface area contributed by atoms with E-state index in [2.05, 4.69) is 26.1 Å². The Kier molecular flexibility index (Phi) is 5.28. The summed E-state index contributed by atoms with van der Waals surface area (Å²) in [7, 11) is 0. The maximum absolute atomic E-state index is 11.5. The lowest BCUT2D eigenvalue weighted by molar-refractivity contribution is 0.207. The first kappa shape index (κ1) is 13.0. The van der Waals surface area contributed by atoms with Gasteiger partial charge in [0.15, 0.2) is 0 Å². The number of hydrogen-bond acceptors (Lipinski definition) is 1. The van der Waals surface area contributed by atoms with Gasteiger partial charge in [-0.15, -0.1) is 0 Å². The second-order valence-electron chi connectivity index (χ2n) is 4.32. The lowest BCUT2D eigenvalue weighted by Gasteiger charge is -2.18. The molecule has 0 radical (unpaired) electrons. The van der Waals surface area contributed by atoms with Gasteiger partial charge in [0.05, 0.1) is 0 Å². The second kappa shape index (κ2) is 5.68. The van der Waals surface area contributed by atoms with Crippen molar-refractivity contribution in [2.45, 2.75) is 34.6 Å². The molecule has 0 atom stereocenters. The molecule has 0 fully saturated rings. The predicted octanol–water partition coefficient (Wildman–Crippen LogP) is 2.60. The topological polar surface area (TPSA) is 32.3 Å². The zero-order valence-electron chi connectivity index (χ0n) is 9.92. The van der Waals surface area contributed by atoms with Crippen LogP contribution in [0.4, 0.5) is 4.79 Å². The van der Waals surface area contributed by atoms with Gasteiger partial charge in [-0.2, -0.15) is 0 Å². The number of rotatable bonds is 3. The van der Waals surface area contributed by atoms with Crippen LogP contribution in [0.5, 0.6) is 0 Å². The summed E-state index contributed by atoms with van der Waals surface area (Å²) in [6, 6.07) is -0.0319. The summed E-state index contributed by atoms with van der Waals surface area (Å²) in [4.78, 5) is 13.2. The van der Waals surface area contributed by atoms with E-state index in [0.29, 0.717) is 0 Å². The lowest BCUT2D eigenvalue weighted by Crippen LogP contribution is -2.37. The average Bonchev–Trinajstić information content (AvgIpc) is 2.04. The van der Waals surface area contributed by atoms with Crippen molar-refractivity contribution in [3.8, 4) is 0 Å². The molecule has 0 bridgehead atoms. The fraction of sp³-hybridized carbons (Fsp3) is 0.727. The predicted molar refractivity (Wildman–Crippen MR) is 60.0 cm³/mol. The molecule has 0 saturated carbocycles. The molecule has 1 N–H and O–H groups in total. The summed E-state index contributed by atoms with van der Waals surface area (Å²) in [5, 5.41) is 2.75. The van der Waals surface area contributed by atoms with Crippen LogP contribution in [0.1, 0.15) is 34.6 Å². The van der Waals surface area contributed by atoms with Gasteiger partial charge in [0.1, 0.15) is 0 Å². The molecule has 0 aliphatic heterocycles. The first-order valence-corrected chi connectivity index (χ1v) is 5.14. The van der Waals surface area contributed by atoms with E-state index in [1.165, 1.54) is 0 Å². The molecule has 3 heteroatoms. The normalized spacial score (nSPS) is 11.8. The van der Waals surface area contributed by atoms with Crippen LogP contribution in [0, 0.1) is 5.41 Å². The van der Waals surface area contributed by atoms with Gasteiger partial charge in [-0.05, 0) is 19.3 Å². The van der Waals surface area contributed by atoms with Crippen molar-refractivity contribution in [1.82, 2.24) is 10.2 Å². The molecule has 0 spiro atoms. The molecule has 0 aromatic heterocycles. The third-order valence-corrected chi connectivity index (χ3v) is 1.84. The fourth-order valence-electron chi connectivity index (χ4n) is 0.965. The molecule has 0 aromatic rings. The third kappa shape index (κ3) is 5.62. The molecule has 2 amide bonds. The SMILES string of the molecule is CCN(CC)C(=O)N/C=C/C(C)(C)C. The first-order valence-electron chi connectivity index (χ1n) is 5.14. The Balaban J connectivity index is 4.02. The number of urea groups is 1. The van der Waals surface area contributed by atoms with Crippen LogP contribution in [-0.4, -0.2) is 24.0 Å². The molecule has 0 aromatic carbocycles. The maximum Gasteiger partial charge on any atom is 0.321 e. The minimum Gasteiger partial charge on any atom is -0.325 e. The van der Waals surface area contributed by atoms with Gasteiger partial charge in [0, 0.05) is 19.3 Å². The van der Waals surface area contributed by atoms with Crippen LogP contribution in [-0.2, 0) is 0 Å². The van der Waals surface area contributed by atoms with E-state index in [1.54, 1.807) is 11.1 Å². The Labute approximate surface area is 87.2 Å². The molecule has 14 heavy (non-hydrogen) atoms. The summed E-state index contributed by atoms with van der Waals surface area (Å²) < 4.78 is 0. The van der Waals surface area contributed by atoms with Gasteiger partial charge in [-0.3, -0.25) is 0 Å². The maximum atomic E-state index is 11.5. The Hall–Kier alpha value is -0.990. The Bertz CT molecular complexity index is 200. The summed E-state index contributed by atoms with van der Waals surface area (Å²) in [5.41, 5.74) is 0.108. The van der Waals surface area contributed by atoms with E-state index in [1.807, 2.05) is 19.9 Å². The zero-order chi connectivity index (χ0) is 11.2. The second-order valence-corrected chi connectivity index (χ2v) is 4.32. The molecule has 0 aliphatic carbocycles. The van der Waals surface area contributed by atoms with Crippen molar-refractivity contribution in [3.63, 3.8) is 0 Å². The number of allylic oxidation sites excluding steroid dienone is 1. The highest BCUT2D eigenvalue weighted by Gasteiger charge is 2.07. The van der Waals surface area contributed by atoms with Gasteiger partial charge in [0.25, 0.3) is 0 Å². The van der Waals surface area contributed by atoms with Crippen molar-refractivity contribution in [3.05, 3.63) is 12.3 Å². The van der Waals surface area contributed by atoms with Crippen LogP contribution in [0.2, 0.25) is 0 Å². The van der Waals surface area contributed by atoms with E-state index >= 15 is 0 Å². The Morgan fingerprint density at radius 1 is 1.29 bits per heavy atom. The van der Waals surface area contributed by atoms with Gasteiger partial charge in [-0.25, -0.2) is 4.79 Å². The standard InChI is InChI=1S/C11H22N2O/c1-6-13(7-2)10(14)12-9-8-11(3,4)5/h8-9H,6-7H2,1-5H3,(H,12,14)/b9-8+. The van der Waals surface area contributed by atoms with Crippen LogP contribution in [0.25, 0.3) is 0 Å². The van der Waals surface area contributed by atoms with E-state index in [-0.39, 0.29) is 11.4 Å². The molecular formula is C11H22N2O. The molecule has 0 heterocycles. The summed E-state index contributed by atoms with van der Waals surface area (Å²) in [6.07, 6.45) is 3.70. The number of nitrogens with one attached hydrogen (secondary N) is 1. The van der Waals surface area contributed by atoms with Crippen molar-refractivity contribution in [2.24, 2.45) is 5.41 Å². The quantitative estimate of drug-likeness (QED) is 0.742. The van der Waals surface area contributed by atoms with Gasteiger partial charge >= 0.3 is 6.03 Å². The molecule has 0 rings (SSSR count). The molecule has 82 valence electrons. The summed E-state index contributed by atoms with van der Waals surface area (Å²) >= 11 is 0. The van der Waals surface area contributed by atoms with Crippen molar-refractivity contribution in [1.29, 1.82) is 0 Å². The molecule has 0 aliphatic rings. The number of carbonyl (C=O) groups excluding carboxylic acids is 1. The Morgan fingerprint density at radius 2 is 1.79 bits per heavy atom. The number of amides is 2. The highest BCUT2D eigenvalue weighted by Crippen LogP contribution is 2.13. The van der Waals surface area contributed by atoms with Gasteiger partial charge in [0.2, 0.25) is 0 Å². The van der Waals surface area contributed by atoms with Crippen LogP contribution in [0.3, 0.4) is 0 Å². The third-order valence-electron chi connectivity index (χ3n) is 1.84. The van der Waals surface area contributed by atoms with Gasteiger partial charge in [-0.1, -0.05) is 26.8 Å². The number of carbonyl (C=O) groups is 1. The monoisotopic (exact) mass is 198 g/mol. The van der Waals surface area contributed by atoms with Crippen LogP contribution in [0.15, 0.2) is 12.3 Å². The summed E-state index contributed by atoms with van der Waals surface area (Å²) in [5.74, 6) is 0. The molecule has 0 unspecified atom stereocenters. The summed E-state index contributed by atoms with van der Waals surface area (Å²) in [6.45, 7) is 11.7. The number of nitrogens with zero attached hydrogens (tertiary/aromatic N) is 1. The van der Waals surface area contributed by atoms with E-state index in [9.17, 15) is 4.79 Å². The van der Waals surface area contributed by atoms with Crippen LogP contribution >= 0.6 is 0 Å². The first-order chi connectivity index (χ1) is 6.40. The van der Waals surface area contributed by atoms with Gasteiger partial charge < -0.3 is 10.2 Å². The highest BCUT2D eigenvalue weighted by molar-refractivity contribution is 5.75. The molecule has 0 saturated heterocycles. The van der Waals surface area contributed by atoms with E-state index < -0.39 is 0 Å². The van der Waals surface area contributed by atoms with E-state index in [4.69, 9.17) is 0 Å². The Morgan fingerprint density at radius 3 is 2.14 bits per heavy atom. The number of hydrogen-bond donors (Lipinski definition) is 1. The highest BCUT2D eigenvalue weighted by atomic mass is 16.2. The largest absolute Gasteiger partial charge is 0.325 e. The van der Waals surface area contributed by atoms with Crippen LogP contribution < -0.4 is 5.32 Å². The zero-order valence-corrected chi connectivity index (χ0v) is 9.92. The van der Waals surface area contributed by atoms with Crippen molar-refractivity contribution in [2.75, 3.05) is 13.1 Å². The van der Waals surface area contributed by atoms with E-state index in [0.717, 1.165) is 13.1 Å². The molecule has 3 nitrogen and oxygen atoms in total. The fourth-order valence-corrected chi connectivity index (χ4v) is 0.965. The minimum absolute atomic E-state index is 0.0319. The minimum atomic E-state index is -0.0319. The smallest absolute Gasteiger partial charge is 0.321 e.